The smallest absolute Gasteiger partial charge is 0.315 e. The fraction of sp³-hybridized carbons (Fsp3) is 0.706. The number of thioether (sulfide) groups is 1. The molecule has 1 saturated heterocycles. The van der Waals surface area contributed by atoms with Crippen molar-refractivity contribution in [3.05, 3.63) is 11.3 Å². The van der Waals surface area contributed by atoms with Gasteiger partial charge in [0.1, 0.15) is 5.82 Å². The molecule has 0 unspecified atom stereocenters. The first kappa shape index (κ1) is 18.3. The quantitative estimate of drug-likeness (QED) is 0.804. The van der Waals surface area contributed by atoms with E-state index in [4.69, 9.17) is 0 Å². The fourth-order valence-electron chi connectivity index (χ4n) is 3.20. The lowest BCUT2D eigenvalue weighted by atomic mass is 10.1. The van der Waals surface area contributed by atoms with Crippen LogP contribution in [-0.4, -0.2) is 64.1 Å². The summed E-state index contributed by atoms with van der Waals surface area (Å²) in [5.41, 5.74) is 1.81. The topological polar surface area (TPSA) is 70.5 Å². The van der Waals surface area contributed by atoms with E-state index in [0.717, 1.165) is 42.4 Å². The molecule has 138 valence electrons. The second-order valence-electron chi connectivity index (χ2n) is 7.53. The van der Waals surface area contributed by atoms with Crippen molar-refractivity contribution in [2.75, 3.05) is 38.0 Å². The van der Waals surface area contributed by atoms with Crippen molar-refractivity contribution in [2.24, 2.45) is 0 Å². The molecule has 2 amide bonds. The van der Waals surface area contributed by atoms with E-state index >= 15 is 0 Å². The lowest BCUT2D eigenvalue weighted by molar-refractivity contribution is -0.144. The van der Waals surface area contributed by atoms with Gasteiger partial charge in [-0.2, -0.15) is 16.9 Å². The monoisotopic (exact) mass is 365 g/mol. The SMILES string of the molecule is CCN1CCN(C(=O)C(=O)Nc2c3c(nn2C(C)(C)C)CSC3)CC1. The third-order valence-electron chi connectivity index (χ3n) is 4.72. The molecule has 1 aromatic rings. The maximum atomic E-state index is 12.6. The lowest BCUT2D eigenvalue weighted by Crippen LogP contribution is -2.51. The Kier molecular flexibility index (Phi) is 5.11. The van der Waals surface area contributed by atoms with Crippen LogP contribution in [0, 0.1) is 0 Å². The first-order valence-electron chi connectivity index (χ1n) is 8.83. The third kappa shape index (κ3) is 3.69. The van der Waals surface area contributed by atoms with Crippen LogP contribution in [0.1, 0.15) is 39.0 Å². The van der Waals surface area contributed by atoms with E-state index in [1.807, 2.05) is 25.5 Å². The summed E-state index contributed by atoms with van der Waals surface area (Å²) in [6, 6.07) is 0. The predicted molar refractivity (Wildman–Crippen MR) is 99.5 cm³/mol. The number of carbonyl (C=O) groups is 2. The molecule has 0 atom stereocenters. The number of nitrogens with one attached hydrogen (secondary N) is 1. The largest absolute Gasteiger partial charge is 0.332 e. The van der Waals surface area contributed by atoms with Crippen LogP contribution in [0.25, 0.3) is 0 Å². The van der Waals surface area contributed by atoms with Gasteiger partial charge in [-0.1, -0.05) is 6.92 Å². The number of rotatable bonds is 2. The number of carbonyl (C=O) groups excluding carboxylic acids is 2. The van der Waals surface area contributed by atoms with Crippen LogP contribution >= 0.6 is 11.8 Å². The summed E-state index contributed by atoms with van der Waals surface area (Å²) in [5.74, 6) is 1.35. The number of hydrogen-bond acceptors (Lipinski definition) is 5. The van der Waals surface area contributed by atoms with Gasteiger partial charge < -0.3 is 15.1 Å². The maximum Gasteiger partial charge on any atom is 0.315 e. The molecule has 1 N–H and O–H groups in total. The van der Waals surface area contributed by atoms with E-state index in [1.54, 1.807) is 16.7 Å². The molecule has 0 aromatic carbocycles. The first-order valence-corrected chi connectivity index (χ1v) is 9.98. The van der Waals surface area contributed by atoms with Crippen molar-refractivity contribution in [1.82, 2.24) is 19.6 Å². The summed E-state index contributed by atoms with van der Waals surface area (Å²) < 4.78 is 1.84. The number of likely N-dealkylation sites (N-methyl/N-ethyl adjacent to an activating group) is 1. The first-order chi connectivity index (χ1) is 11.8. The van der Waals surface area contributed by atoms with Crippen molar-refractivity contribution in [3.8, 4) is 0 Å². The van der Waals surface area contributed by atoms with Gasteiger partial charge in [0, 0.05) is 43.2 Å². The van der Waals surface area contributed by atoms with E-state index < -0.39 is 11.8 Å². The second kappa shape index (κ2) is 6.99. The molecule has 3 rings (SSSR count). The molecular weight excluding hydrogens is 338 g/mol. The van der Waals surface area contributed by atoms with Crippen molar-refractivity contribution in [3.63, 3.8) is 0 Å². The van der Waals surface area contributed by atoms with Gasteiger partial charge >= 0.3 is 11.8 Å². The summed E-state index contributed by atoms with van der Waals surface area (Å²) >= 11 is 1.78. The van der Waals surface area contributed by atoms with Gasteiger partial charge in [0.05, 0.1) is 11.2 Å². The lowest BCUT2D eigenvalue weighted by Gasteiger charge is -2.33. The number of anilines is 1. The van der Waals surface area contributed by atoms with Crippen molar-refractivity contribution < 1.29 is 9.59 Å². The molecule has 1 aromatic heterocycles. The van der Waals surface area contributed by atoms with Crippen LogP contribution in [0.2, 0.25) is 0 Å². The Morgan fingerprint density at radius 3 is 2.44 bits per heavy atom. The number of nitrogens with zero attached hydrogens (tertiary/aromatic N) is 4. The molecule has 2 aliphatic heterocycles. The highest BCUT2D eigenvalue weighted by atomic mass is 32.2. The molecule has 0 radical (unpaired) electrons. The van der Waals surface area contributed by atoms with Gasteiger partial charge in [-0.15, -0.1) is 0 Å². The third-order valence-corrected chi connectivity index (χ3v) is 5.69. The Morgan fingerprint density at radius 1 is 1.16 bits per heavy atom. The molecule has 7 nitrogen and oxygen atoms in total. The van der Waals surface area contributed by atoms with Crippen molar-refractivity contribution in [2.45, 2.75) is 44.7 Å². The van der Waals surface area contributed by atoms with E-state index in [0.29, 0.717) is 18.9 Å². The minimum Gasteiger partial charge on any atom is -0.332 e. The highest BCUT2D eigenvalue weighted by Crippen LogP contribution is 2.37. The van der Waals surface area contributed by atoms with Gasteiger partial charge in [-0.3, -0.25) is 9.59 Å². The highest BCUT2D eigenvalue weighted by molar-refractivity contribution is 7.98. The molecule has 1 fully saturated rings. The highest BCUT2D eigenvalue weighted by Gasteiger charge is 2.31. The van der Waals surface area contributed by atoms with Crippen molar-refractivity contribution in [1.29, 1.82) is 0 Å². The maximum absolute atomic E-state index is 12.6. The Balaban J connectivity index is 1.74. The normalized spacial score (nSPS) is 18.3. The molecule has 0 spiro atoms. The molecule has 8 heteroatoms. The van der Waals surface area contributed by atoms with Gasteiger partial charge in [0.2, 0.25) is 0 Å². The zero-order valence-corrected chi connectivity index (χ0v) is 16.3. The van der Waals surface area contributed by atoms with Gasteiger partial charge in [-0.25, -0.2) is 4.68 Å². The fourth-order valence-corrected chi connectivity index (χ4v) is 4.23. The van der Waals surface area contributed by atoms with Crippen LogP contribution in [0.4, 0.5) is 5.82 Å². The standard InChI is InChI=1S/C17H27N5O2S/c1-5-20-6-8-21(9-7-20)16(24)15(23)18-14-12-10-25-11-13(12)19-22(14)17(2,3)4/h5-11H2,1-4H3,(H,18,23). The van der Waals surface area contributed by atoms with Crippen molar-refractivity contribution >= 4 is 29.4 Å². The van der Waals surface area contributed by atoms with Crippen LogP contribution in [0.15, 0.2) is 0 Å². The molecule has 2 aliphatic rings. The Hall–Kier alpha value is -1.54. The van der Waals surface area contributed by atoms with Gasteiger partial charge in [0.15, 0.2) is 0 Å². The Morgan fingerprint density at radius 2 is 1.84 bits per heavy atom. The molecule has 0 saturated carbocycles. The molecule has 0 bridgehead atoms. The number of fused-ring (bicyclic) bond motifs is 1. The molecule has 25 heavy (non-hydrogen) atoms. The zero-order chi connectivity index (χ0) is 18.2. The summed E-state index contributed by atoms with van der Waals surface area (Å²) in [6.07, 6.45) is 0. The average Bonchev–Trinajstić information content (AvgIpc) is 3.16. The summed E-state index contributed by atoms with van der Waals surface area (Å²) in [4.78, 5) is 29.0. The summed E-state index contributed by atoms with van der Waals surface area (Å²) in [6.45, 7) is 12.1. The summed E-state index contributed by atoms with van der Waals surface area (Å²) in [7, 11) is 0. The van der Waals surface area contributed by atoms with Crippen LogP contribution in [0.5, 0.6) is 0 Å². The molecular formula is C17H27N5O2S. The number of amides is 2. The zero-order valence-electron chi connectivity index (χ0n) is 15.5. The number of aromatic nitrogens is 2. The molecule has 3 heterocycles. The number of hydrogen-bond donors (Lipinski definition) is 1. The Bertz CT molecular complexity index is 671. The van der Waals surface area contributed by atoms with Gasteiger partial charge in [0.25, 0.3) is 0 Å². The minimum atomic E-state index is -0.560. The summed E-state index contributed by atoms with van der Waals surface area (Å²) in [5, 5.41) is 7.52. The van der Waals surface area contributed by atoms with E-state index in [1.165, 1.54) is 0 Å². The predicted octanol–water partition coefficient (Wildman–Crippen LogP) is 1.49. The Labute approximate surface area is 153 Å². The van der Waals surface area contributed by atoms with Gasteiger partial charge in [-0.05, 0) is 27.3 Å². The van der Waals surface area contributed by atoms with E-state index in [-0.39, 0.29) is 5.54 Å². The second-order valence-corrected chi connectivity index (χ2v) is 8.52. The number of piperazine rings is 1. The molecule has 0 aliphatic carbocycles. The van der Waals surface area contributed by atoms with Crippen LogP contribution in [0.3, 0.4) is 0 Å². The van der Waals surface area contributed by atoms with E-state index in [9.17, 15) is 9.59 Å². The van der Waals surface area contributed by atoms with Crippen LogP contribution < -0.4 is 5.32 Å². The van der Waals surface area contributed by atoms with Crippen LogP contribution in [-0.2, 0) is 26.6 Å². The minimum absolute atomic E-state index is 0.257. The average molecular weight is 366 g/mol. The van der Waals surface area contributed by atoms with E-state index in [2.05, 4.69) is 22.2 Å².